The summed E-state index contributed by atoms with van der Waals surface area (Å²) < 4.78 is 13.4. The van der Waals surface area contributed by atoms with Gasteiger partial charge in [-0.05, 0) is 47.0 Å². The van der Waals surface area contributed by atoms with Gasteiger partial charge < -0.3 is 15.8 Å². The third kappa shape index (κ3) is 3.09. The molecule has 0 radical (unpaired) electrons. The van der Waals surface area contributed by atoms with Crippen LogP contribution < -0.4 is 5.73 Å². The van der Waals surface area contributed by atoms with Gasteiger partial charge in [0.1, 0.15) is 11.7 Å². The summed E-state index contributed by atoms with van der Waals surface area (Å²) in [5, 5.41) is 11.6. The average molecular weight is 344 g/mol. The molecule has 2 rings (SSSR count). The number of hydrogen-bond acceptors (Lipinski definition) is 3. The van der Waals surface area contributed by atoms with Crippen molar-refractivity contribution >= 4 is 27.7 Å². The fourth-order valence-corrected chi connectivity index (χ4v) is 2.65. The van der Waals surface area contributed by atoms with Crippen LogP contribution in [0.15, 0.2) is 27.8 Å². The van der Waals surface area contributed by atoms with E-state index in [0.29, 0.717) is 31.5 Å². The van der Waals surface area contributed by atoms with Crippen molar-refractivity contribution in [1.29, 1.82) is 0 Å². The third-order valence-corrected chi connectivity index (χ3v) is 4.09. The monoisotopic (exact) mass is 343 g/mol. The number of nitrogens with two attached hydrogens (primary N) is 1. The molecule has 1 fully saturated rings. The van der Waals surface area contributed by atoms with E-state index in [1.165, 1.54) is 18.2 Å². The number of piperidine rings is 1. The topological polar surface area (TPSA) is 78.9 Å². The molecule has 1 amide bonds. The molecule has 0 bridgehead atoms. The Hall–Kier alpha value is -1.63. The highest BCUT2D eigenvalue weighted by Crippen LogP contribution is 2.22. The summed E-state index contributed by atoms with van der Waals surface area (Å²) in [6.45, 7) is 1.07. The Morgan fingerprint density at radius 1 is 1.45 bits per heavy atom. The van der Waals surface area contributed by atoms with Gasteiger partial charge in [-0.15, -0.1) is 0 Å². The number of halogens is 2. The summed E-state index contributed by atoms with van der Waals surface area (Å²) in [5.74, 6) is -0.318. The standard InChI is InChI=1S/C13H15BrFN3O2/c14-10-7-9(1-2-11(10)15)13(19)18-5-3-8(4-6-18)12(16)17-20/h1-2,7-8,20H,3-6H2,(H2,16,17). The maximum atomic E-state index is 13.2. The molecule has 3 N–H and O–H groups in total. The first-order valence-electron chi connectivity index (χ1n) is 6.24. The van der Waals surface area contributed by atoms with Gasteiger partial charge in [-0.25, -0.2) is 4.39 Å². The van der Waals surface area contributed by atoms with Crippen molar-refractivity contribution in [1.82, 2.24) is 4.90 Å². The number of hydrogen-bond donors (Lipinski definition) is 2. The highest BCUT2D eigenvalue weighted by atomic mass is 79.9. The second-order valence-electron chi connectivity index (χ2n) is 4.72. The maximum Gasteiger partial charge on any atom is 0.253 e. The molecule has 1 aromatic rings. The van der Waals surface area contributed by atoms with Gasteiger partial charge in [-0.1, -0.05) is 5.16 Å². The summed E-state index contributed by atoms with van der Waals surface area (Å²) in [6, 6.07) is 4.21. The maximum absolute atomic E-state index is 13.2. The second-order valence-corrected chi connectivity index (χ2v) is 5.57. The Labute approximate surface area is 124 Å². The number of likely N-dealkylation sites (tertiary alicyclic amines) is 1. The van der Waals surface area contributed by atoms with Crippen LogP contribution in [0.1, 0.15) is 23.2 Å². The first kappa shape index (κ1) is 14.8. The van der Waals surface area contributed by atoms with Crippen molar-refractivity contribution < 1.29 is 14.4 Å². The number of nitrogens with zero attached hydrogens (tertiary/aromatic N) is 2. The molecule has 0 spiro atoms. The highest BCUT2D eigenvalue weighted by Gasteiger charge is 2.26. The second kappa shape index (κ2) is 6.21. The lowest BCUT2D eigenvalue weighted by atomic mass is 9.95. The molecule has 5 nitrogen and oxygen atoms in total. The Kier molecular flexibility index (Phi) is 4.59. The summed E-state index contributed by atoms with van der Waals surface area (Å²) in [6.07, 6.45) is 1.31. The van der Waals surface area contributed by atoms with Gasteiger partial charge in [0.2, 0.25) is 0 Å². The molecule has 1 heterocycles. The SMILES string of the molecule is N/C(=N/O)C1CCN(C(=O)c2ccc(F)c(Br)c2)CC1. The van der Waals surface area contributed by atoms with Crippen LogP contribution in [0.5, 0.6) is 0 Å². The number of amides is 1. The predicted molar refractivity (Wildman–Crippen MR) is 76.1 cm³/mol. The molecule has 0 saturated carbocycles. The van der Waals surface area contributed by atoms with E-state index in [1.807, 2.05) is 0 Å². The smallest absolute Gasteiger partial charge is 0.253 e. The van der Waals surface area contributed by atoms with Crippen molar-refractivity contribution in [2.45, 2.75) is 12.8 Å². The number of carbonyl (C=O) groups excluding carboxylic acids is 1. The van der Waals surface area contributed by atoms with E-state index < -0.39 is 5.82 Å². The van der Waals surface area contributed by atoms with Gasteiger partial charge in [0.05, 0.1) is 4.47 Å². The van der Waals surface area contributed by atoms with Crippen molar-refractivity contribution in [2.75, 3.05) is 13.1 Å². The summed E-state index contributed by atoms with van der Waals surface area (Å²) >= 11 is 3.07. The van der Waals surface area contributed by atoms with Crippen LogP contribution in [0.4, 0.5) is 4.39 Å². The molecule has 1 aromatic carbocycles. The van der Waals surface area contributed by atoms with E-state index in [-0.39, 0.29) is 22.1 Å². The predicted octanol–water partition coefficient (Wildman–Crippen LogP) is 2.19. The normalized spacial score (nSPS) is 17.3. The van der Waals surface area contributed by atoms with E-state index in [4.69, 9.17) is 10.9 Å². The molecule has 1 aliphatic heterocycles. The number of oxime groups is 1. The fourth-order valence-electron chi connectivity index (χ4n) is 2.27. The molecule has 108 valence electrons. The van der Waals surface area contributed by atoms with Crippen LogP contribution in [0, 0.1) is 11.7 Å². The highest BCUT2D eigenvalue weighted by molar-refractivity contribution is 9.10. The molecule has 20 heavy (non-hydrogen) atoms. The molecule has 0 aromatic heterocycles. The Balaban J connectivity index is 2.03. The number of benzene rings is 1. The fraction of sp³-hybridized carbons (Fsp3) is 0.385. The van der Waals surface area contributed by atoms with Gasteiger partial charge in [0.25, 0.3) is 5.91 Å². The lowest BCUT2D eigenvalue weighted by Gasteiger charge is -2.31. The molecular formula is C13H15BrFN3O2. The van der Waals surface area contributed by atoms with Gasteiger partial charge in [-0.3, -0.25) is 4.79 Å². The quantitative estimate of drug-likeness (QED) is 0.374. The van der Waals surface area contributed by atoms with Crippen LogP contribution in [-0.4, -0.2) is 34.9 Å². The van der Waals surface area contributed by atoms with E-state index in [2.05, 4.69) is 21.1 Å². The Morgan fingerprint density at radius 2 is 2.10 bits per heavy atom. The zero-order valence-corrected chi connectivity index (χ0v) is 12.3. The number of carbonyl (C=O) groups is 1. The Bertz CT molecular complexity index is 542. The lowest BCUT2D eigenvalue weighted by molar-refractivity contribution is 0.0709. The van der Waals surface area contributed by atoms with E-state index >= 15 is 0 Å². The minimum atomic E-state index is -0.396. The summed E-state index contributed by atoms with van der Waals surface area (Å²) in [5.41, 5.74) is 6.01. The van der Waals surface area contributed by atoms with Crippen molar-refractivity contribution in [3.63, 3.8) is 0 Å². The summed E-state index contributed by atoms with van der Waals surface area (Å²) in [7, 11) is 0. The van der Waals surface area contributed by atoms with Crippen molar-refractivity contribution in [2.24, 2.45) is 16.8 Å². The van der Waals surface area contributed by atoms with Crippen LogP contribution in [0.25, 0.3) is 0 Å². The minimum absolute atomic E-state index is 0.00371. The first-order valence-corrected chi connectivity index (χ1v) is 7.04. The van der Waals surface area contributed by atoms with Crippen LogP contribution >= 0.6 is 15.9 Å². The van der Waals surface area contributed by atoms with Crippen LogP contribution in [0.3, 0.4) is 0 Å². The van der Waals surface area contributed by atoms with E-state index in [1.54, 1.807) is 4.90 Å². The zero-order valence-electron chi connectivity index (χ0n) is 10.7. The Morgan fingerprint density at radius 3 is 2.65 bits per heavy atom. The third-order valence-electron chi connectivity index (χ3n) is 3.48. The van der Waals surface area contributed by atoms with Gasteiger partial charge >= 0.3 is 0 Å². The van der Waals surface area contributed by atoms with Crippen LogP contribution in [-0.2, 0) is 0 Å². The molecule has 0 unspecified atom stereocenters. The molecule has 1 saturated heterocycles. The van der Waals surface area contributed by atoms with Gasteiger partial charge in [0, 0.05) is 24.6 Å². The molecular weight excluding hydrogens is 329 g/mol. The van der Waals surface area contributed by atoms with Crippen LogP contribution in [0.2, 0.25) is 0 Å². The minimum Gasteiger partial charge on any atom is -0.409 e. The molecule has 7 heteroatoms. The van der Waals surface area contributed by atoms with Gasteiger partial charge in [-0.2, -0.15) is 0 Å². The zero-order chi connectivity index (χ0) is 14.7. The largest absolute Gasteiger partial charge is 0.409 e. The summed E-state index contributed by atoms with van der Waals surface area (Å²) in [4.78, 5) is 14.0. The average Bonchev–Trinajstić information content (AvgIpc) is 2.48. The van der Waals surface area contributed by atoms with Gasteiger partial charge in [0.15, 0.2) is 0 Å². The molecule has 0 aliphatic carbocycles. The van der Waals surface area contributed by atoms with E-state index in [9.17, 15) is 9.18 Å². The first-order chi connectivity index (χ1) is 9.52. The molecule has 1 aliphatic rings. The van der Waals surface area contributed by atoms with E-state index in [0.717, 1.165) is 0 Å². The van der Waals surface area contributed by atoms with Crippen molar-refractivity contribution in [3.05, 3.63) is 34.1 Å². The molecule has 0 atom stereocenters. The number of amidine groups is 1. The van der Waals surface area contributed by atoms with Crippen molar-refractivity contribution in [3.8, 4) is 0 Å². The lowest BCUT2D eigenvalue weighted by Crippen LogP contribution is -2.41. The number of rotatable bonds is 2.